The molecule has 7 nitrogen and oxygen atoms in total. The number of methoxy groups -OCH3 is 1. The lowest BCUT2D eigenvalue weighted by molar-refractivity contribution is -0.117. The zero-order chi connectivity index (χ0) is 24.0. The van der Waals surface area contributed by atoms with E-state index in [1.54, 1.807) is 29.9 Å². The Labute approximate surface area is 197 Å². The SMILES string of the molecule is CCCS(=O)(=O)N(C(=O)CCCn1ccc(-c2ccc(Cl)cc2)n1)c1ccc(OC)c(F)c1. The Bertz CT molecular complexity index is 1210. The number of aryl methyl sites for hydroxylation is 1. The second-order valence-electron chi connectivity index (χ2n) is 7.37. The highest BCUT2D eigenvalue weighted by Crippen LogP contribution is 2.27. The van der Waals surface area contributed by atoms with E-state index < -0.39 is 21.7 Å². The van der Waals surface area contributed by atoms with E-state index in [1.807, 2.05) is 18.2 Å². The molecule has 0 fully saturated rings. The summed E-state index contributed by atoms with van der Waals surface area (Å²) in [4.78, 5) is 12.9. The van der Waals surface area contributed by atoms with Crippen molar-refractivity contribution in [3.8, 4) is 17.0 Å². The Hall–Kier alpha value is -2.91. The van der Waals surface area contributed by atoms with Crippen molar-refractivity contribution in [3.05, 3.63) is 65.6 Å². The number of hydrogen-bond donors (Lipinski definition) is 0. The van der Waals surface area contributed by atoms with E-state index in [0.717, 1.165) is 17.3 Å². The molecule has 2 aromatic carbocycles. The number of sulfonamides is 1. The summed E-state index contributed by atoms with van der Waals surface area (Å²) in [5.74, 6) is -1.63. The van der Waals surface area contributed by atoms with E-state index in [4.69, 9.17) is 16.3 Å². The number of carbonyl (C=O) groups excluding carboxylic acids is 1. The van der Waals surface area contributed by atoms with Crippen LogP contribution in [0.2, 0.25) is 5.02 Å². The van der Waals surface area contributed by atoms with E-state index in [1.165, 1.54) is 19.2 Å². The summed E-state index contributed by atoms with van der Waals surface area (Å²) in [5.41, 5.74) is 1.63. The molecule has 0 atom stereocenters. The number of halogens is 2. The largest absolute Gasteiger partial charge is 0.494 e. The van der Waals surface area contributed by atoms with E-state index in [9.17, 15) is 17.6 Å². The van der Waals surface area contributed by atoms with Gasteiger partial charge in [0.25, 0.3) is 0 Å². The van der Waals surface area contributed by atoms with Crippen LogP contribution in [0.1, 0.15) is 26.2 Å². The predicted molar refractivity (Wildman–Crippen MR) is 126 cm³/mol. The lowest BCUT2D eigenvalue weighted by Gasteiger charge is -2.23. The van der Waals surface area contributed by atoms with Crippen LogP contribution in [0.4, 0.5) is 10.1 Å². The van der Waals surface area contributed by atoms with Crippen molar-refractivity contribution < 1.29 is 22.3 Å². The smallest absolute Gasteiger partial charge is 0.241 e. The van der Waals surface area contributed by atoms with Gasteiger partial charge < -0.3 is 4.74 Å². The van der Waals surface area contributed by atoms with Crippen LogP contribution in [0.15, 0.2) is 54.7 Å². The summed E-state index contributed by atoms with van der Waals surface area (Å²) in [6, 6.07) is 12.8. The molecule has 3 aromatic rings. The van der Waals surface area contributed by atoms with Gasteiger partial charge in [0.05, 0.1) is 24.2 Å². The Morgan fingerprint density at radius 3 is 2.55 bits per heavy atom. The van der Waals surface area contributed by atoms with Crippen molar-refractivity contribution in [1.82, 2.24) is 9.78 Å². The third-order valence-electron chi connectivity index (χ3n) is 4.90. The summed E-state index contributed by atoms with van der Waals surface area (Å²) in [6.07, 6.45) is 2.43. The summed E-state index contributed by atoms with van der Waals surface area (Å²) < 4.78 is 47.0. The number of ether oxygens (including phenoxy) is 1. The number of aromatic nitrogens is 2. The minimum absolute atomic E-state index is 0.0331. The fourth-order valence-corrected chi connectivity index (χ4v) is 5.01. The zero-order valence-electron chi connectivity index (χ0n) is 18.4. The molecule has 3 rings (SSSR count). The molecule has 0 aliphatic carbocycles. The highest BCUT2D eigenvalue weighted by atomic mass is 35.5. The third kappa shape index (κ3) is 6.11. The molecule has 0 saturated heterocycles. The van der Waals surface area contributed by atoms with Crippen molar-refractivity contribution in [2.24, 2.45) is 0 Å². The van der Waals surface area contributed by atoms with Crippen LogP contribution in [0, 0.1) is 5.82 Å². The highest BCUT2D eigenvalue weighted by molar-refractivity contribution is 7.93. The number of amides is 1. The first kappa shape index (κ1) is 24.7. The number of rotatable bonds is 10. The third-order valence-corrected chi connectivity index (χ3v) is 7.04. The van der Waals surface area contributed by atoms with Crippen LogP contribution >= 0.6 is 11.6 Å². The molecule has 0 bridgehead atoms. The van der Waals surface area contributed by atoms with Crippen molar-refractivity contribution in [3.63, 3.8) is 0 Å². The first-order chi connectivity index (χ1) is 15.7. The lowest BCUT2D eigenvalue weighted by atomic mass is 10.2. The van der Waals surface area contributed by atoms with Gasteiger partial charge in [0.2, 0.25) is 15.9 Å². The van der Waals surface area contributed by atoms with E-state index >= 15 is 0 Å². The fraction of sp³-hybridized carbons (Fsp3) is 0.304. The van der Waals surface area contributed by atoms with Crippen LogP contribution in [0.5, 0.6) is 5.75 Å². The Morgan fingerprint density at radius 1 is 1.18 bits per heavy atom. The number of hydrogen-bond acceptors (Lipinski definition) is 5. The van der Waals surface area contributed by atoms with Crippen molar-refractivity contribution in [2.45, 2.75) is 32.7 Å². The van der Waals surface area contributed by atoms with Gasteiger partial charge >= 0.3 is 0 Å². The molecular weight excluding hydrogens is 469 g/mol. The quantitative estimate of drug-likeness (QED) is 0.401. The predicted octanol–water partition coefficient (Wildman–Crippen LogP) is 4.90. The highest BCUT2D eigenvalue weighted by Gasteiger charge is 2.29. The monoisotopic (exact) mass is 493 g/mol. The van der Waals surface area contributed by atoms with E-state index in [0.29, 0.717) is 28.7 Å². The molecule has 0 spiro atoms. The molecule has 10 heteroatoms. The lowest BCUT2D eigenvalue weighted by Crippen LogP contribution is -2.38. The minimum Gasteiger partial charge on any atom is -0.494 e. The van der Waals surface area contributed by atoms with Crippen LogP contribution in [0.25, 0.3) is 11.3 Å². The van der Waals surface area contributed by atoms with Gasteiger partial charge in [-0.1, -0.05) is 30.7 Å². The van der Waals surface area contributed by atoms with Gasteiger partial charge in [-0.15, -0.1) is 0 Å². The van der Waals surface area contributed by atoms with Gasteiger partial charge in [0.1, 0.15) is 0 Å². The van der Waals surface area contributed by atoms with Crippen LogP contribution in [-0.4, -0.2) is 37.0 Å². The summed E-state index contributed by atoms with van der Waals surface area (Å²) in [7, 11) is -2.64. The molecular formula is C23H25ClFN3O4S. The second-order valence-corrected chi connectivity index (χ2v) is 9.74. The molecule has 0 aliphatic heterocycles. The number of carbonyl (C=O) groups is 1. The zero-order valence-corrected chi connectivity index (χ0v) is 19.9. The molecule has 0 N–H and O–H groups in total. The number of nitrogens with zero attached hydrogens (tertiary/aromatic N) is 3. The fourth-order valence-electron chi connectivity index (χ4n) is 3.35. The maximum atomic E-state index is 14.2. The molecule has 1 aromatic heterocycles. The average molecular weight is 494 g/mol. The molecule has 1 amide bonds. The van der Waals surface area contributed by atoms with Crippen molar-refractivity contribution in [2.75, 3.05) is 17.2 Å². The Morgan fingerprint density at radius 2 is 1.91 bits per heavy atom. The van der Waals surface area contributed by atoms with Gasteiger partial charge in [-0.25, -0.2) is 17.1 Å². The second kappa shape index (κ2) is 10.8. The first-order valence-corrected chi connectivity index (χ1v) is 12.4. The molecule has 1 heterocycles. The number of benzene rings is 2. The summed E-state index contributed by atoms with van der Waals surface area (Å²) in [6.45, 7) is 2.11. The molecule has 33 heavy (non-hydrogen) atoms. The van der Waals surface area contributed by atoms with Crippen LogP contribution < -0.4 is 9.04 Å². The molecule has 0 radical (unpaired) electrons. The first-order valence-electron chi connectivity index (χ1n) is 10.4. The average Bonchev–Trinajstić information content (AvgIpc) is 3.23. The topological polar surface area (TPSA) is 81.5 Å². The normalized spacial score (nSPS) is 11.4. The molecule has 0 unspecified atom stereocenters. The molecule has 176 valence electrons. The van der Waals surface area contributed by atoms with Crippen molar-refractivity contribution in [1.29, 1.82) is 0 Å². The van der Waals surface area contributed by atoms with Crippen LogP contribution in [0.3, 0.4) is 0 Å². The van der Waals surface area contributed by atoms with Gasteiger partial charge in [0, 0.05) is 35.8 Å². The van der Waals surface area contributed by atoms with E-state index in [2.05, 4.69) is 5.10 Å². The van der Waals surface area contributed by atoms with Gasteiger partial charge in [-0.3, -0.25) is 9.48 Å². The Kier molecular flexibility index (Phi) is 8.10. The van der Waals surface area contributed by atoms with Gasteiger partial charge in [-0.05, 0) is 43.2 Å². The number of anilines is 1. The van der Waals surface area contributed by atoms with Crippen molar-refractivity contribution >= 4 is 33.2 Å². The standard InChI is InChI=1S/C23H25ClFN3O4S/c1-3-15-33(30,31)28(19-10-11-22(32-2)20(25)16-19)23(29)5-4-13-27-14-12-21(26-27)17-6-8-18(24)9-7-17/h6-12,14,16H,3-5,13,15H2,1-2H3. The maximum absolute atomic E-state index is 14.2. The van der Waals surface area contributed by atoms with Crippen LogP contribution in [-0.2, 0) is 21.4 Å². The molecule has 0 saturated carbocycles. The minimum atomic E-state index is -3.95. The molecule has 0 aliphatic rings. The summed E-state index contributed by atoms with van der Waals surface area (Å²) in [5, 5.41) is 5.12. The van der Waals surface area contributed by atoms with E-state index in [-0.39, 0.29) is 23.6 Å². The van der Waals surface area contributed by atoms with Gasteiger partial charge in [0.15, 0.2) is 11.6 Å². The summed E-state index contributed by atoms with van der Waals surface area (Å²) >= 11 is 5.92. The van der Waals surface area contributed by atoms with Gasteiger partial charge in [-0.2, -0.15) is 5.10 Å². The maximum Gasteiger partial charge on any atom is 0.241 e. The Balaban J connectivity index is 1.71.